The summed E-state index contributed by atoms with van der Waals surface area (Å²) in [6, 6.07) is 4.23. The zero-order valence-electron chi connectivity index (χ0n) is 13.5. The van der Waals surface area contributed by atoms with Gasteiger partial charge in [0.15, 0.2) is 0 Å². The van der Waals surface area contributed by atoms with Gasteiger partial charge in [-0.25, -0.2) is 4.98 Å². The maximum atomic E-state index is 6.13. The Morgan fingerprint density at radius 2 is 2.05 bits per heavy atom. The predicted molar refractivity (Wildman–Crippen MR) is 84.7 cm³/mol. The van der Waals surface area contributed by atoms with Gasteiger partial charge in [0.05, 0.1) is 6.10 Å². The van der Waals surface area contributed by atoms with E-state index in [4.69, 9.17) is 9.47 Å². The lowest BCUT2D eigenvalue weighted by Crippen LogP contribution is -2.29. The molecule has 0 aliphatic heterocycles. The maximum absolute atomic E-state index is 6.13. The van der Waals surface area contributed by atoms with Crippen LogP contribution in [0.25, 0.3) is 0 Å². The molecule has 2 atom stereocenters. The fraction of sp³-hybridized carbons (Fsp3) is 0.706. The predicted octanol–water partition coefficient (Wildman–Crippen LogP) is 3.09. The van der Waals surface area contributed by atoms with Gasteiger partial charge in [-0.05, 0) is 43.9 Å². The standard InChI is InChI=1S/C17H28N2O2/c1-4-14-9-13(12-18-5-2)10-17(19-14)21-16-8-6-7-15(11-16)20-3/h9-10,15-16,18H,4-8,11-12H2,1-3H3. The van der Waals surface area contributed by atoms with E-state index in [0.717, 1.165) is 50.3 Å². The van der Waals surface area contributed by atoms with Gasteiger partial charge in [0.2, 0.25) is 5.88 Å². The second kappa shape index (κ2) is 8.35. The van der Waals surface area contributed by atoms with Crippen molar-refractivity contribution in [3.8, 4) is 5.88 Å². The lowest BCUT2D eigenvalue weighted by atomic mass is 9.95. The first-order valence-electron chi connectivity index (χ1n) is 8.15. The number of ether oxygens (including phenoxy) is 2. The van der Waals surface area contributed by atoms with Gasteiger partial charge >= 0.3 is 0 Å². The average Bonchev–Trinajstić information content (AvgIpc) is 2.52. The van der Waals surface area contributed by atoms with E-state index in [9.17, 15) is 0 Å². The van der Waals surface area contributed by atoms with Crippen LogP contribution in [0.4, 0.5) is 0 Å². The number of methoxy groups -OCH3 is 1. The highest BCUT2D eigenvalue weighted by Gasteiger charge is 2.23. The second-order valence-corrected chi connectivity index (χ2v) is 5.70. The summed E-state index contributed by atoms with van der Waals surface area (Å²) in [6.07, 6.45) is 5.87. The topological polar surface area (TPSA) is 43.4 Å². The van der Waals surface area contributed by atoms with Crippen LogP contribution < -0.4 is 10.1 Å². The summed E-state index contributed by atoms with van der Waals surface area (Å²) in [6.45, 7) is 6.09. The Morgan fingerprint density at radius 1 is 1.24 bits per heavy atom. The molecule has 1 aromatic rings. The third kappa shape index (κ3) is 4.97. The van der Waals surface area contributed by atoms with Gasteiger partial charge in [0.25, 0.3) is 0 Å². The van der Waals surface area contributed by atoms with E-state index in [1.807, 2.05) is 0 Å². The zero-order chi connectivity index (χ0) is 15.1. The summed E-state index contributed by atoms with van der Waals surface area (Å²) in [5, 5.41) is 3.36. The number of nitrogens with zero attached hydrogens (tertiary/aromatic N) is 1. The Morgan fingerprint density at radius 3 is 2.76 bits per heavy atom. The van der Waals surface area contributed by atoms with Gasteiger partial charge in [0, 0.05) is 31.8 Å². The lowest BCUT2D eigenvalue weighted by molar-refractivity contribution is 0.0194. The largest absolute Gasteiger partial charge is 0.474 e. The van der Waals surface area contributed by atoms with Gasteiger partial charge in [-0.3, -0.25) is 0 Å². The smallest absolute Gasteiger partial charge is 0.214 e. The van der Waals surface area contributed by atoms with Crippen molar-refractivity contribution in [2.45, 2.75) is 64.7 Å². The van der Waals surface area contributed by atoms with Crippen LogP contribution in [0.3, 0.4) is 0 Å². The summed E-state index contributed by atoms with van der Waals surface area (Å²) in [5.41, 5.74) is 2.34. The van der Waals surface area contributed by atoms with Crippen molar-refractivity contribution in [1.29, 1.82) is 0 Å². The Labute approximate surface area is 128 Å². The third-order valence-electron chi connectivity index (χ3n) is 4.05. The fourth-order valence-electron chi connectivity index (χ4n) is 2.83. The number of aromatic nitrogens is 1. The maximum Gasteiger partial charge on any atom is 0.214 e. The van der Waals surface area contributed by atoms with Gasteiger partial charge in [-0.1, -0.05) is 13.8 Å². The summed E-state index contributed by atoms with van der Waals surface area (Å²) in [7, 11) is 1.79. The first-order chi connectivity index (χ1) is 10.2. The quantitative estimate of drug-likeness (QED) is 0.838. The van der Waals surface area contributed by atoms with Crippen LogP contribution in [-0.2, 0) is 17.7 Å². The Kier molecular flexibility index (Phi) is 6.46. The molecule has 1 aliphatic rings. The van der Waals surface area contributed by atoms with Gasteiger partial charge < -0.3 is 14.8 Å². The van der Waals surface area contributed by atoms with E-state index in [0.29, 0.717) is 6.10 Å². The van der Waals surface area contributed by atoms with Crippen LogP contribution in [0, 0.1) is 0 Å². The monoisotopic (exact) mass is 292 g/mol. The van der Waals surface area contributed by atoms with Crippen molar-refractivity contribution in [1.82, 2.24) is 10.3 Å². The molecule has 4 heteroatoms. The summed E-state index contributed by atoms with van der Waals surface area (Å²) < 4.78 is 11.6. The number of hydrogen-bond donors (Lipinski definition) is 1. The lowest BCUT2D eigenvalue weighted by Gasteiger charge is -2.28. The highest BCUT2D eigenvalue weighted by atomic mass is 16.5. The van der Waals surface area contributed by atoms with Crippen molar-refractivity contribution < 1.29 is 9.47 Å². The minimum atomic E-state index is 0.232. The molecule has 0 spiro atoms. The molecule has 0 saturated heterocycles. The van der Waals surface area contributed by atoms with E-state index in [2.05, 4.69) is 36.3 Å². The van der Waals surface area contributed by atoms with Crippen LogP contribution in [0.15, 0.2) is 12.1 Å². The minimum Gasteiger partial charge on any atom is -0.474 e. The number of hydrogen-bond acceptors (Lipinski definition) is 4. The third-order valence-corrected chi connectivity index (χ3v) is 4.05. The first-order valence-corrected chi connectivity index (χ1v) is 8.15. The molecule has 118 valence electrons. The summed E-state index contributed by atoms with van der Waals surface area (Å²) in [4.78, 5) is 4.61. The van der Waals surface area contributed by atoms with Gasteiger partial charge in [-0.15, -0.1) is 0 Å². The van der Waals surface area contributed by atoms with E-state index in [1.54, 1.807) is 7.11 Å². The molecule has 1 fully saturated rings. The average molecular weight is 292 g/mol. The van der Waals surface area contributed by atoms with Crippen molar-refractivity contribution in [3.63, 3.8) is 0 Å². The molecular weight excluding hydrogens is 264 g/mol. The number of aryl methyl sites for hydroxylation is 1. The molecule has 2 unspecified atom stereocenters. The van der Waals surface area contributed by atoms with E-state index >= 15 is 0 Å². The number of nitrogens with one attached hydrogen (secondary N) is 1. The fourth-order valence-corrected chi connectivity index (χ4v) is 2.83. The molecule has 0 bridgehead atoms. The molecule has 0 radical (unpaired) electrons. The molecule has 1 N–H and O–H groups in total. The van der Waals surface area contributed by atoms with Crippen LogP contribution in [0.2, 0.25) is 0 Å². The molecule has 1 heterocycles. The summed E-state index contributed by atoms with van der Waals surface area (Å²) in [5.74, 6) is 0.768. The molecule has 1 saturated carbocycles. The Hall–Kier alpha value is -1.13. The zero-order valence-corrected chi connectivity index (χ0v) is 13.5. The SMILES string of the molecule is CCNCc1cc(CC)nc(OC2CCCC(OC)C2)c1. The van der Waals surface area contributed by atoms with Crippen molar-refractivity contribution in [2.75, 3.05) is 13.7 Å². The van der Waals surface area contributed by atoms with Gasteiger partial charge in [0.1, 0.15) is 6.10 Å². The Balaban J connectivity index is 2.03. The van der Waals surface area contributed by atoms with E-state index in [-0.39, 0.29) is 6.10 Å². The molecule has 0 aromatic carbocycles. The first kappa shape index (κ1) is 16.2. The molecule has 0 amide bonds. The van der Waals surface area contributed by atoms with E-state index < -0.39 is 0 Å². The van der Waals surface area contributed by atoms with Crippen LogP contribution in [0.1, 0.15) is 50.8 Å². The Bertz CT molecular complexity index is 437. The molecule has 4 nitrogen and oxygen atoms in total. The highest BCUT2D eigenvalue weighted by Crippen LogP contribution is 2.25. The van der Waals surface area contributed by atoms with E-state index in [1.165, 1.54) is 12.0 Å². The van der Waals surface area contributed by atoms with Crippen LogP contribution >= 0.6 is 0 Å². The number of pyridine rings is 1. The van der Waals surface area contributed by atoms with Crippen LogP contribution in [0.5, 0.6) is 5.88 Å². The van der Waals surface area contributed by atoms with Gasteiger partial charge in [-0.2, -0.15) is 0 Å². The minimum absolute atomic E-state index is 0.232. The summed E-state index contributed by atoms with van der Waals surface area (Å²) >= 11 is 0. The number of rotatable bonds is 7. The van der Waals surface area contributed by atoms with Crippen molar-refractivity contribution in [3.05, 3.63) is 23.4 Å². The molecular formula is C17H28N2O2. The van der Waals surface area contributed by atoms with Crippen LogP contribution in [-0.4, -0.2) is 30.8 Å². The highest BCUT2D eigenvalue weighted by molar-refractivity contribution is 5.25. The molecule has 2 rings (SSSR count). The second-order valence-electron chi connectivity index (χ2n) is 5.70. The molecule has 1 aliphatic carbocycles. The molecule has 21 heavy (non-hydrogen) atoms. The molecule has 1 aromatic heterocycles. The normalized spacial score (nSPS) is 22.2. The van der Waals surface area contributed by atoms with Crippen molar-refractivity contribution >= 4 is 0 Å². The van der Waals surface area contributed by atoms with Crippen molar-refractivity contribution in [2.24, 2.45) is 0 Å².